The first-order valence-electron chi connectivity index (χ1n) is 9.06. The van der Waals surface area contributed by atoms with Crippen molar-refractivity contribution in [2.75, 3.05) is 20.2 Å². The minimum atomic E-state index is -0.386. The SMILES string of the molecule is COC(=O)c1cc(COC2CCNCC2)cc(-c2cccc(C(=N)N)c2)c1. The van der Waals surface area contributed by atoms with Gasteiger partial charge in [0.05, 0.1) is 25.4 Å². The number of rotatable bonds is 6. The van der Waals surface area contributed by atoms with Crippen molar-refractivity contribution in [3.8, 4) is 11.1 Å². The van der Waals surface area contributed by atoms with Crippen LogP contribution in [0.2, 0.25) is 0 Å². The fourth-order valence-corrected chi connectivity index (χ4v) is 3.22. The molecule has 0 amide bonds. The molecular weight excluding hydrogens is 342 g/mol. The number of nitrogens with two attached hydrogens (primary N) is 1. The van der Waals surface area contributed by atoms with Gasteiger partial charge in [-0.3, -0.25) is 5.41 Å². The summed E-state index contributed by atoms with van der Waals surface area (Å²) in [6.07, 6.45) is 2.21. The zero-order valence-corrected chi connectivity index (χ0v) is 15.5. The largest absolute Gasteiger partial charge is 0.465 e. The number of hydrogen-bond acceptors (Lipinski definition) is 5. The molecule has 1 heterocycles. The third-order valence-electron chi connectivity index (χ3n) is 4.69. The lowest BCUT2D eigenvalue weighted by atomic mass is 9.98. The Morgan fingerprint density at radius 2 is 1.89 bits per heavy atom. The number of carbonyl (C=O) groups is 1. The van der Waals surface area contributed by atoms with Crippen LogP contribution in [0.15, 0.2) is 42.5 Å². The number of nitrogens with one attached hydrogen (secondary N) is 2. The van der Waals surface area contributed by atoms with Crippen LogP contribution < -0.4 is 11.1 Å². The Morgan fingerprint density at radius 1 is 1.15 bits per heavy atom. The van der Waals surface area contributed by atoms with Crippen LogP contribution in [-0.4, -0.2) is 38.1 Å². The van der Waals surface area contributed by atoms with Crippen molar-refractivity contribution in [2.24, 2.45) is 5.73 Å². The molecule has 1 fully saturated rings. The molecule has 0 atom stereocenters. The van der Waals surface area contributed by atoms with Gasteiger partial charge in [0.25, 0.3) is 0 Å². The second kappa shape index (κ2) is 8.79. The topological polar surface area (TPSA) is 97.4 Å². The third-order valence-corrected chi connectivity index (χ3v) is 4.69. The van der Waals surface area contributed by atoms with Crippen LogP contribution in [0.4, 0.5) is 0 Å². The highest BCUT2D eigenvalue weighted by Crippen LogP contribution is 2.25. The smallest absolute Gasteiger partial charge is 0.337 e. The molecule has 4 N–H and O–H groups in total. The fourth-order valence-electron chi connectivity index (χ4n) is 3.22. The molecule has 0 aliphatic carbocycles. The fraction of sp³-hybridized carbons (Fsp3) is 0.333. The zero-order valence-electron chi connectivity index (χ0n) is 15.5. The molecule has 0 aromatic heterocycles. The molecule has 0 bridgehead atoms. The number of ether oxygens (including phenoxy) is 2. The maximum Gasteiger partial charge on any atom is 0.337 e. The van der Waals surface area contributed by atoms with Gasteiger partial charge in [-0.05, 0) is 66.9 Å². The average Bonchev–Trinajstić information content (AvgIpc) is 2.72. The van der Waals surface area contributed by atoms with Crippen molar-refractivity contribution in [3.63, 3.8) is 0 Å². The van der Waals surface area contributed by atoms with Crippen LogP contribution in [0.3, 0.4) is 0 Å². The first-order valence-corrected chi connectivity index (χ1v) is 9.06. The van der Waals surface area contributed by atoms with Crippen LogP contribution >= 0.6 is 0 Å². The molecule has 0 saturated carbocycles. The Bertz CT molecular complexity index is 829. The quantitative estimate of drug-likeness (QED) is 0.414. The second-order valence-corrected chi connectivity index (χ2v) is 6.67. The third kappa shape index (κ3) is 4.93. The summed E-state index contributed by atoms with van der Waals surface area (Å²) in [4.78, 5) is 12.1. The van der Waals surface area contributed by atoms with Gasteiger partial charge in [-0.25, -0.2) is 4.79 Å². The Balaban J connectivity index is 1.89. The van der Waals surface area contributed by atoms with E-state index in [1.165, 1.54) is 7.11 Å². The van der Waals surface area contributed by atoms with Crippen molar-refractivity contribution < 1.29 is 14.3 Å². The molecule has 2 aromatic carbocycles. The van der Waals surface area contributed by atoms with Gasteiger partial charge in [0.2, 0.25) is 0 Å². The molecule has 6 heteroatoms. The number of nitrogen functional groups attached to an aromatic ring is 1. The first-order chi connectivity index (χ1) is 13.1. The summed E-state index contributed by atoms with van der Waals surface area (Å²) in [5, 5.41) is 11.0. The van der Waals surface area contributed by atoms with Gasteiger partial charge >= 0.3 is 5.97 Å². The van der Waals surface area contributed by atoms with E-state index in [1.54, 1.807) is 12.1 Å². The monoisotopic (exact) mass is 367 g/mol. The molecule has 6 nitrogen and oxygen atoms in total. The van der Waals surface area contributed by atoms with E-state index in [4.69, 9.17) is 20.6 Å². The van der Waals surface area contributed by atoms with Gasteiger partial charge in [0.15, 0.2) is 0 Å². The molecule has 0 spiro atoms. The average molecular weight is 367 g/mol. The van der Waals surface area contributed by atoms with Crippen molar-refractivity contribution in [2.45, 2.75) is 25.6 Å². The van der Waals surface area contributed by atoms with Crippen molar-refractivity contribution >= 4 is 11.8 Å². The van der Waals surface area contributed by atoms with Crippen LogP contribution in [-0.2, 0) is 16.1 Å². The van der Waals surface area contributed by atoms with E-state index in [1.807, 2.05) is 30.3 Å². The Labute approximate surface area is 159 Å². The van der Waals surface area contributed by atoms with E-state index in [-0.39, 0.29) is 17.9 Å². The van der Waals surface area contributed by atoms with Crippen LogP contribution in [0.1, 0.15) is 34.3 Å². The Kier molecular flexibility index (Phi) is 6.21. The molecule has 0 unspecified atom stereocenters. The lowest BCUT2D eigenvalue weighted by Gasteiger charge is -2.23. The minimum absolute atomic E-state index is 0.00966. The van der Waals surface area contributed by atoms with Gasteiger partial charge < -0.3 is 20.5 Å². The van der Waals surface area contributed by atoms with Gasteiger partial charge in [0, 0.05) is 5.56 Å². The normalized spacial score (nSPS) is 14.7. The summed E-state index contributed by atoms with van der Waals surface area (Å²) in [5.41, 5.74) is 9.39. The zero-order chi connectivity index (χ0) is 19.2. The maximum absolute atomic E-state index is 12.1. The number of esters is 1. The van der Waals surface area contributed by atoms with Gasteiger partial charge in [0.1, 0.15) is 5.84 Å². The van der Waals surface area contributed by atoms with E-state index in [0.717, 1.165) is 42.6 Å². The van der Waals surface area contributed by atoms with Gasteiger partial charge in [-0.2, -0.15) is 0 Å². The van der Waals surface area contributed by atoms with Crippen LogP contribution in [0.25, 0.3) is 11.1 Å². The summed E-state index contributed by atoms with van der Waals surface area (Å²) in [6.45, 7) is 2.38. The summed E-state index contributed by atoms with van der Waals surface area (Å²) in [6, 6.07) is 13.0. The van der Waals surface area contributed by atoms with E-state index in [2.05, 4.69) is 5.32 Å². The molecule has 27 heavy (non-hydrogen) atoms. The van der Waals surface area contributed by atoms with E-state index >= 15 is 0 Å². The van der Waals surface area contributed by atoms with E-state index < -0.39 is 0 Å². The molecular formula is C21H25N3O3. The minimum Gasteiger partial charge on any atom is -0.465 e. The Morgan fingerprint density at radius 3 is 2.59 bits per heavy atom. The molecule has 1 saturated heterocycles. The highest BCUT2D eigenvalue weighted by molar-refractivity contribution is 5.96. The van der Waals surface area contributed by atoms with Crippen LogP contribution in [0, 0.1) is 5.41 Å². The maximum atomic E-state index is 12.1. The lowest BCUT2D eigenvalue weighted by molar-refractivity contribution is 0.0212. The number of methoxy groups -OCH3 is 1. The van der Waals surface area contributed by atoms with Crippen molar-refractivity contribution in [1.29, 1.82) is 5.41 Å². The van der Waals surface area contributed by atoms with Gasteiger partial charge in [-0.1, -0.05) is 18.2 Å². The number of piperidine rings is 1. The summed E-state index contributed by atoms with van der Waals surface area (Å²) in [5.74, 6) is -0.377. The van der Waals surface area contributed by atoms with Gasteiger partial charge in [-0.15, -0.1) is 0 Å². The lowest BCUT2D eigenvalue weighted by Crippen LogP contribution is -2.32. The molecule has 1 aliphatic rings. The standard InChI is InChI=1S/C21H25N3O3/c1-26-21(25)18-10-14(13-27-19-5-7-24-8-6-19)9-17(12-18)15-3-2-4-16(11-15)20(22)23/h2-4,9-12,19,24H,5-8,13H2,1H3,(H3,22,23). The molecule has 0 radical (unpaired) electrons. The summed E-state index contributed by atoms with van der Waals surface area (Å²) in [7, 11) is 1.37. The highest BCUT2D eigenvalue weighted by Gasteiger charge is 2.15. The summed E-state index contributed by atoms with van der Waals surface area (Å²) < 4.78 is 10.9. The molecule has 3 rings (SSSR count). The highest BCUT2D eigenvalue weighted by atomic mass is 16.5. The number of hydrogen-bond donors (Lipinski definition) is 3. The number of benzene rings is 2. The van der Waals surface area contributed by atoms with Crippen LogP contribution in [0.5, 0.6) is 0 Å². The predicted molar refractivity (Wildman–Crippen MR) is 105 cm³/mol. The van der Waals surface area contributed by atoms with Crippen molar-refractivity contribution in [3.05, 3.63) is 59.2 Å². The first kappa shape index (κ1) is 19.1. The van der Waals surface area contributed by atoms with E-state index in [0.29, 0.717) is 17.7 Å². The Hall–Kier alpha value is -2.70. The predicted octanol–water partition coefficient (Wildman–Crippen LogP) is 2.69. The molecule has 142 valence electrons. The summed E-state index contributed by atoms with van der Waals surface area (Å²) >= 11 is 0. The molecule has 2 aromatic rings. The van der Waals surface area contributed by atoms with E-state index in [9.17, 15) is 4.79 Å². The molecule has 1 aliphatic heterocycles. The number of carbonyl (C=O) groups excluding carboxylic acids is 1. The number of amidine groups is 1. The second-order valence-electron chi connectivity index (χ2n) is 6.67. The van der Waals surface area contributed by atoms with Crippen molar-refractivity contribution in [1.82, 2.24) is 5.32 Å².